The zero-order chi connectivity index (χ0) is 19.2. The normalized spacial score (nSPS) is 12.5. The maximum atomic E-state index is 12.7. The second-order valence-corrected chi connectivity index (χ2v) is 5.66. The van der Waals surface area contributed by atoms with E-state index in [1.807, 2.05) is 0 Å². The molecule has 0 bridgehead atoms. The Morgan fingerprint density at radius 2 is 2.00 bits per heavy atom. The topological polar surface area (TPSA) is 88.0 Å². The van der Waals surface area contributed by atoms with Crippen molar-refractivity contribution in [2.24, 2.45) is 0 Å². The molecule has 1 atom stereocenters. The molecule has 0 spiro atoms. The molecule has 2 aromatic rings. The van der Waals surface area contributed by atoms with Gasteiger partial charge in [0.25, 0.3) is 5.91 Å². The van der Waals surface area contributed by atoms with Gasteiger partial charge < -0.3 is 15.1 Å². The Hall–Kier alpha value is -2.81. The average molecular weight is 370 g/mol. The fourth-order valence-electron chi connectivity index (χ4n) is 2.22. The quantitative estimate of drug-likeness (QED) is 0.726. The molecule has 26 heavy (non-hydrogen) atoms. The monoisotopic (exact) mass is 370 g/mol. The minimum absolute atomic E-state index is 0.106. The van der Waals surface area contributed by atoms with Crippen molar-refractivity contribution in [1.82, 2.24) is 10.6 Å². The van der Waals surface area contributed by atoms with Gasteiger partial charge in [-0.25, -0.2) is 4.79 Å². The lowest BCUT2D eigenvalue weighted by Crippen LogP contribution is -2.87. The van der Waals surface area contributed by atoms with Crippen molar-refractivity contribution in [3.8, 4) is 0 Å². The third kappa shape index (κ3) is 5.92. The average Bonchev–Trinajstić information content (AvgIpc) is 3.11. The summed E-state index contributed by atoms with van der Waals surface area (Å²) in [5.74, 6) is -0.0156. The van der Waals surface area contributed by atoms with Gasteiger partial charge in [0, 0.05) is 5.56 Å². The SMILES string of the molecule is C[C@@H]([NH2+]CC(=O)NC(=O)NCc1ccco1)c1cccc(C(F)(F)F)c1. The molecule has 0 aliphatic rings. The maximum absolute atomic E-state index is 12.7. The van der Waals surface area contributed by atoms with Crippen molar-refractivity contribution in [2.75, 3.05) is 6.54 Å². The minimum atomic E-state index is -4.42. The first kappa shape index (κ1) is 19.5. The molecule has 0 radical (unpaired) electrons. The Balaban J connectivity index is 1.78. The molecule has 0 aliphatic heterocycles. The van der Waals surface area contributed by atoms with E-state index in [4.69, 9.17) is 4.42 Å². The number of alkyl halides is 3. The molecule has 2 rings (SSSR count). The van der Waals surface area contributed by atoms with Gasteiger partial charge in [-0.2, -0.15) is 13.2 Å². The molecular formula is C17H19F3N3O3+. The predicted molar refractivity (Wildman–Crippen MR) is 85.7 cm³/mol. The van der Waals surface area contributed by atoms with Gasteiger partial charge in [0.2, 0.25) is 0 Å². The van der Waals surface area contributed by atoms with E-state index in [9.17, 15) is 22.8 Å². The van der Waals surface area contributed by atoms with Gasteiger partial charge in [-0.1, -0.05) is 12.1 Å². The van der Waals surface area contributed by atoms with E-state index in [-0.39, 0.29) is 19.1 Å². The predicted octanol–water partition coefficient (Wildman–Crippen LogP) is 1.95. The van der Waals surface area contributed by atoms with Gasteiger partial charge in [0.05, 0.1) is 18.4 Å². The van der Waals surface area contributed by atoms with E-state index in [1.54, 1.807) is 30.4 Å². The Morgan fingerprint density at radius 3 is 2.65 bits per heavy atom. The smallest absolute Gasteiger partial charge is 0.416 e. The van der Waals surface area contributed by atoms with E-state index < -0.39 is 23.7 Å². The van der Waals surface area contributed by atoms with Crippen LogP contribution in [0.1, 0.15) is 29.9 Å². The van der Waals surface area contributed by atoms with Crippen LogP contribution in [0.15, 0.2) is 47.1 Å². The summed E-state index contributed by atoms with van der Waals surface area (Å²) in [5.41, 5.74) is -0.299. The molecule has 1 aromatic heterocycles. The number of furan rings is 1. The summed E-state index contributed by atoms with van der Waals surface area (Å²) in [7, 11) is 0. The van der Waals surface area contributed by atoms with Crippen LogP contribution in [-0.4, -0.2) is 18.5 Å². The molecule has 4 N–H and O–H groups in total. The number of amides is 3. The molecule has 9 heteroatoms. The molecule has 0 saturated heterocycles. The zero-order valence-electron chi connectivity index (χ0n) is 14.0. The van der Waals surface area contributed by atoms with Crippen LogP contribution in [0.5, 0.6) is 0 Å². The van der Waals surface area contributed by atoms with Crippen molar-refractivity contribution >= 4 is 11.9 Å². The molecule has 0 saturated carbocycles. The Kier molecular flexibility index (Phi) is 6.40. The van der Waals surface area contributed by atoms with Crippen LogP contribution in [0.2, 0.25) is 0 Å². The molecule has 0 unspecified atom stereocenters. The van der Waals surface area contributed by atoms with E-state index in [1.165, 1.54) is 12.3 Å². The molecule has 0 aliphatic carbocycles. The lowest BCUT2D eigenvalue weighted by atomic mass is 10.0. The van der Waals surface area contributed by atoms with Crippen LogP contribution in [0.3, 0.4) is 0 Å². The number of nitrogens with two attached hydrogens (primary N) is 1. The summed E-state index contributed by atoms with van der Waals surface area (Å²) >= 11 is 0. The number of quaternary nitrogens is 1. The number of rotatable bonds is 6. The third-order valence-electron chi connectivity index (χ3n) is 3.65. The second kappa shape index (κ2) is 8.52. The first-order valence-electron chi connectivity index (χ1n) is 7.86. The number of nitrogens with one attached hydrogen (secondary N) is 2. The number of hydrogen-bond acceptors (Lipinski definition) is 3. The van der Waals surface area contributed by atoms with Crippen molar-refractivity contribution < 1.29 is 32.5 Å². The third-order valence-corrected chi connectivity index (χ3v) is 3.65. The van der Waals surface area contributed by atoms with Crippen LogP contribution in [0.4, 0.5) is 18.0 Å². The van der Waals surface area contributed by atoms with Crippen molar-refractivity contribution in [3.05, 3.63) is 59.5 Å². The highest BCUT2D eigenvalue weighted by atomic mass is 19.4. The minimum Gasteiger partial charge on any atom is -0.467 e. The molecule has 6 nitrogen and oxygen atoms in total. The van der Waals surface area contributed by atoms with Gasteiger partial charge >= 0.3 is 12.2 Å². The van der Waals surface area contributed by atoms with Crippen molar-refractivity contribution in [2.45, 2.75) is 25.7 Å². The Labute approximate surface area is 147 Å². The van der Waals surface area contributed by atoms with E-state index in [2.05, 4.69) is 10.6 Å². The number of carbonyl (C=O) groups excluding carboxylic acids is 2. The molecule has 0 fully saturated rings. The van der Waals surface area contributed by atoms with Gasteiger partial charge in [-0.05, 0) is 31.2 Å². The lowest BCUT2D eigenvalue weighted by Gasteiger charge is -2.13. The molecular weight excluding hydrogens is 351 g/mol. The number of hydrogen-bond donors (Lipinski definition) is 3. The fourth-order valence-corrected chi connectivity index (χ4v) is 2.22. The van der Waals surface area contributed by atoms with Crippen LogP contribution < -0.4 is 16.0 Å². The van der Waals surface area contributed by atoms with E-state index >= 15 is 0 Å². The van der Waals surface area contributed by atoms with Crippen LogP contribution in [0, 0.1) is 0 Å². The largest absolute Gasteiger partial charge is 0.467 e. The zero-order valence-corrected chi connectivity index (χ0v) is 14.0. The first-order valence-corrected chi connectivity index (χ1v) is 7.86. The molecule has 3 amide bonds. The highest BCUT2D eigenvalue weighted by Crippen LogP contribution is 2.30. The Bertz CT molecular complexity index is 745. The summed E-state index contributed by atoms with van der Waals surface area (Å²) in [6, 6.07) is 7.22. The maximum Gasteiger partial charge on any atom is 0.416 e. The van der Waals surface area contributed by atoms with Gasteiger partial charge in [0.1, 0.15) is 11.8 Å². The Morgan fingerprint density at radius 1 is 1.23 bits per heavy atom. The van der Waals surface area contributed by atoms with Crippen LogP contribution in [-0.2, 0) is 17.5 Å². The molecule has 1 aromatic carbocycles. The summed E-state index contributed by atoms with van der Waals surface area (Å²) in [6.45, 7) is 1.71. The lowest BCUT2D eigenvalue weighted by molar-refractivity contribution is -0.682. The number of urea groups is 1. The number of benzene rings is 1. The van der Waals surface area contributed by atoms with E-state index in [0.717, 1.165) is 12.1 Å². The molecule has 140 valence electrons. The molecule has 1 heterocycles. The van der Waals surface area contributed by atoms with Gasteiger partial charge in [-0.15, -0.1) is 0 Å². The second-order valence-electron chi connectivity index (χ2n) is 5.66. The highest BCUT2D eigenvalue weighted by Gasteiger charge is 2.31. The summed E-state index contributed by atoms with van der Waals surface area (Å²) in [4.78, 5) is 23.4. The summed E-state index contributed by atoms with van der Waals surface area (Å²) < 4.78 is 43.3. The van der Waals surface area contributed by atoms with E-state index in [0.29, 0.717) is 11.3 Å². The number of halogens is 3. The summed E-state index contributed by atoms with van der Waals surface area (Å²) in [6.07, 6.45) is -2.95. The van der Waals surface area contributed by atoms with Crippen molar-refractivity contribution in [3.63, 3.8) is 0 Å². The number of carbonyl (C=O) groups is 2. The standard InChI is InChI=1S/C17H18F3N3O3/c1-11(12-4-2-5-13(8-12)17(18,19)20)21-10-15(24)23-16(25)22-9-14-6-3-7-26-14/h2-8,11,21H,9-10H2,1H3,(H2,22,23,24,25)/p+1/t11-/m1/s1. The van der Waals surface area contributed by atoms with Gasteiger partial charge in [0.15, 0.2) is 6.54 Å². The van der Waals surface area contributed by atoms with Crippen LogP contribution >= 0.6 is 0 Å². The van der Waals surface area contributed by atoms with Gasteiger partial charge in [-0.3, -0.25) is 10.1 Å². The first-order chi connectivity index (χ1) is 12.3. The summed E-state index contributed by atoms with van der Waals surface area (Å²) in [5, 5.41) is 6.15. The van der Waals surface area contributed by atoms with Crippen LogP contribution in [0.25, 0.3) is 0 Å². The fraction of sp³-hybridized carbons (Fsp3) is 0.294. The number of imide groups is 1. The highest BCUT2D eigenvalue weighted by molar-refractivity contribution is 5.94. The van der Waals surface area contributed by atoms with Crippen molar-refractivity contribution in [1.29, 1.82) is 0 Å².